The first-order valence-corrected chi connectivity index (χ1v) is 5.96. The molecule has 0 N–H and O–H groups in total. The zero-order chi connectivity index (χ0) is 7.97. The molecule has 0 aromatic carbocycles. The van der Waals surface area contributed by atoms with E-state index in [4.69, 9.17) is 0 Å². The second kappa shape index (κ2) is 2.31. The fourth-order valence-corrected chi connectivity index (χ4v) is 3.88. The lowest BCUT2D eigenvalue weighted by molar-refractivity contribution is 1.88. The van der Waals surface area contributed by atoms with E-state index in [0.717, 1.165) is 0 Å². The summed E-state index contributed by atoms with van der Waals surface area (Å²) in [5.74, 6) is 0. The molecule has 1 heterocycles. The van der Waals surface area contributed by atoms with E-state index in [1.165, 1.54) is 20.9 Å². The molecule has 1 aliphatic heterocycles. The largest absolute Gasteiger partial charge is 0.0794 e. The lowest BCUT2D eigenvalue weighted by Crippen LogP contribution is -1.73. The quantitative estimate of drug-likeness (QED) is 0.470. The highest BCUT2D eigenvalue weighted by Crippen LogP contribution is 2.43. The first-order chi connectivity index (χ1) is 5.95. The van der Waals surface area contributed by atoms with Gasteiger partial charge in [0.15, 0.2) is 0 Å². The van der Waals surface area contributed by atoms with Crippen LogP contribution in [0.2, 0.25) is 0 Å². The predicted octanol–water partition coefficient (Wildman–Crippen LogP) is 4.02. The highest BCUT2D eigenvalue weighted by atomic mass is 32.9. The second-order valence-corrected chi connectivity index (χ2v) is 4.99. The molecule has 12 heavy (non-hydrogen) atoms. The Kier molecular flexibility index (Phi) is 1.28. The maximum Gasteiger partial charge on any atom is 0.0456 e. The Bertz CT molecular complexity index is 406. The van der Waals surface area contributed by atoms with Crippen LogP contribution in [0.5, 0.6) is 0 Å². The molecule has 0 spiro atoms. The normalized spacial score (nSPS) is 11.3. The van der Waals surface area contributed by atoms with E-state index in [1.54, 1.807) is 0 Å². The van der Waals surface area contributed by atoms with Gasteiger partial charge in [0.25, 0.3) is 0 Å². The molecular weight excluding hydrogens is 184 g/mol. The van der Waals surface area contributed by atoms with Crippen LogP contribution in [-0.4, -0.2) is 0 Å². The van der Waals surface area contributed by atoms with Crippen LogP contribution < -0.4 is 0 Å². The van der Waals surface area contributed by atoms with Crippen molar-refractivity contribution in [1.82, 2.24) is 0 Å². The van der Waals surface area contributed by atoms with Crippen molar-refractivity contribution >= 4 is 20.7 Å². The molecule has 3 aliphatic rings. The summed E-state index contributed by atoms with van der Waals surface area (Å²) in [6.45, 7) is 0. The Hall–Kier alpha value is -0.860. The molecular formula is C10H6S2. The topological polar surface area (TPSA) is 0 Å². The first kappa shape index (κ1) is 6.63. The van der Waals surface area contributed by atoms with Crippen molar-refractivity contribution in [2.24, 2.45) is 0 Å². The molecule has 0 bridgehead atoms. The Morgan fingerprint density at radius 3 is 1.67 bits per heavy atom. The van der Waals surface area contributed by atoms with Gasteiger partial charge in [0.2, 0.25) is 0 Å². The van der Waals surface area contributed by atoms with Crippen molar-refractivity contribution in [1.29, 1.82) is 0 Å². The fraction of sp³-hybridized carbons (Fsp3) is 0. The van der Waals surface area contributed by atoms with E-state index in [-0.39, 0.29) is 0 Å². The zero-order valence-electron chi connectivity index (χ0n) is 6.28. The smallest absolute Gasteiger partial charge is 0.0456 e. The minimum Gasteiger partial charge on any atom is -0.0794 e. The van der Waals surface area contributed by atoms with Crippen molar-refractivity contribution < 1.29 is 0 Å². The van der Waals surface area contributed by atoms with Crippen molar-refractivity contribution in [3.8, 4) is 20.9 Å². The number of hydrogen-bond acceptors (Lipinski definition) is 2. The molecule has 3 rings (SSSR count). The molecule has 0 nitrogen and oxygen atoms in total. The van der Waals surface area contributed by atoms with Gasteiger partial charge in [-0.05, 0) is 12.1 Å². The van der Waals surface area contributed by atoms with Gasteiger partial charge in [-0.25, -0.2) is 0 Å². The third kappa shape index (κ3) is 0.765. The van der Waals surface area contributed by atoms with Gasteiger partial charge in [-0.2, -0.15) is 0 Å². The molecule has 0 aromatic rings. The van der Waals surface area contributed by atoms with E-state index in [0.29, 0.717) is 0 Å². The maximum atomic E-state index is 2.20. The SMILES string of the molecule is c1cc2ssc3cccc-3c-2c1. The monoisotopic (exact) mass is 190 g/mol. The Morgan fingerprint density at radius 2 is 1.17 bits per heavy atom. The van der Waals surface area contributed by atoms with Gasteiger partial charge in [-0.1, -0.05) is 44.9 Å². The molecule has 0 radical (unpaired) electrons. The van der Waals surface area contributed by atoms with Crippen LogP contribution in [0.3, 0.4) is 0 Å². The van der Waals surface area contributed by atoms with Gasteiger partial charge >= 0.3 is 0 Å². The van der Waals surface area contributed by atoms with Crippen molar-refractivity contribution in [2.75, 3.05) is 0 Å². The Balaban J connectivity index is 2.49. The average Bonchev–Trinajstić information content (AvgIpc) is 2.71. The van der Waals surface area contributed by atoms with Crippen LogP contribution in [0.15, 0.2) is 36.4 Å². The second-order valence-electron chi connectivity index (χ2n) is 2.77. The van der Waals surface area contributed by atoms with Crippen molar-refractivity contribution in [3.63, 3.8) is 0 Å². The van der Waals surface area contributed by atoms with Crippen LogP contribution in [0.1, 0.15) is 0 Å². The minimum absolute atomic E-state index is 1.40. The van der Waals surface area contributed by atoms with Crippen molar-refractivity contribution in [3.05, 3.63) is 36.4 Å². The summed E-state index contributed by atoms with van der Waals surface area (Å²) >= 11 is 0. The summed E-state index contributed by atoms with van der Waals surface area (Å²) in [7, 11) is 3.72. The number of hydrogen-bond donors (Lipinski definition) is 0. The molecule has 0 saturated carbocycles. The van der Waals surface area contributed by atoms with Gasteiger partial charge < -0.3 is 0 Å². The van der Waals surface area contributed by atoms with Crippen LogP contribution in [0.25, 0.3) is 20.9 Å². The molecule has 0 unspecified atom stereocenters. The van der Waals surface area contributed by atoms with Gasteiger partial charge in [0, 0.05) is 20.9 Å². The third-order valence-corrected chi connectivity index (χ3v) is 4.55. The lowest BCUT2D eigenvalue weighted by Gasteiger charge is -2.03. The lowest BCUT2D eigenvalue weighted by atomic mass is 10.1. The standard InChI is InChI=1S/C10H6S2/c1-3-7-8-4-2-6-10(8)12-11-9(7)5-1/h1-6H. The summed E-state index contributed by atoms with van der Waals surface area (Å²) in [6.07, 6.45) is 0. The van der Waals surface area contributed by atoms with E-state index in [9.17, 15) is 0 Å². The molecule has 0 aromatic heterocycles. The van der Waals surface area contributed by atoms with Gasteiger partial charge in [-0.3, -0.25) is 0 Å². The predicted molar refractivity (Wildman–Crippen MR) is 55.4 cm³/mol. The molecule has 0 amide bonds. The fourth-order valence-electron chi connectivity index (χ4n) is 1.49. The van der Waals surface area contributed by atoms with E-state index in [1.807, 2.05) is 20.7 Å². The number of fused-ring (bicyclic) bond motifs is 3. The van der Waals surface area contributed by atoms with E-state index < -0.39 is 0 Å². The maximum absolute atomic E-state index is 2.20. The van der Waals surface area contributed by atoms with Gasteiger partial charge in [0.1, 0.15) is 0 Å². The number of rotatable bonds is 0. The highest BCUT2D eigenvalue weighted by Gasteiger charge is 2.12. The Morgan fingerprint density at radius 1 is 0.667 bits per heavy atom. The summed E-state index contributed by atoms with van der Waals surface area (Å²) in [6, 6.07) is 13.0. The highest BCUT2D eigenvalue weighted by molar-refractivity contribution is 7.71. The Labute approximate surface area is 78.2 Å². The van der Waals surface area contributed by atoms with Crippen LogP contribution >= 0.6 is 20.7 Å². The summed E-state index contributed by atoms with van der Waals surface area (Å²) in [4.78, 5) is 2.80. The van der Waals surface area contributed by atoms with Crippen LogP contribution in [-0.2, 0) is 0 Å². The van der Waals surface area contributed by atoms with Crippen LogP contribution in [0, 0.1) is 0 Å². The van der Waals surface area contributed by atoms with Gasteiger partial charge in [0.05, 0.1) is 0 Å². The van der Waals surface area contributed by atoms with E-state index >= 15 is 0 Å². The molecule has 0 fully saturated rings. The van der Waals surface area contributed by atoms with Crippen molar-refractivity contribution in [2.45, 2.75) is 0 Å². The zero-order valence-corrected chi connectivity index (χ0v) is 7.91. The van der Waals surface area contributed by atoms with Gasteiger partial charge in [-0.15, -0.1) is 0 Å². The summed E-state index contributed by atoms with van der Waals surface area (Å²) < 4.78 is 0. The first-order valence-electron chi connectivity index (χ1n) is 3.81. The summed E-state index contributed by atoms with van der Waals surface area (Å²) in [5.41, 5.74) is 2.80. The molecule has 0 atom stereocenters. The summed E-state index contributed by atoms with van der Waals surface area (Å²) in [5, 5.41) is 0. The van der Waals surface area contributed by atoms with Crippen LogP contribution in [0.4, 0.5) is 0 Å². The minimum atomic E-state index is 1.40. The average molecular weight is 190 g/mol. The molecule has 58 valence electrons. The molecule has 2 heteroatoms. The molecule has 2 aliphatic carbocycles. The van der Waals surface area contributed by atoms with E-state index in [2.05, 4.69) is 36.4 Å². The third-order valence-electron chi connectivity index (χ3n) is 2.06. The molecule has 0 saturated heterocycles.